The van der Waals surface area contributed by atoms with Crippen LogP contribution in [0.25, 0.3) is 0 Å². The van der Waals surface area contributed by atoms with Crippen LogP contribution in [0.4, 0.5) is 0 Å². The van der Waals surface area contributed by atoms with Gasteiger partial charge in [0.05, 0.1) is 0 Å². The first kappa shape index (κ1) is 38.4. The van der Waals surface area contributed by atoms with E-state index < -0.39 is 0 Å². The van der Waals surface area contributed by atoms with Crippen LogP contribution >= 0.6 is 0 Å². The summed E-state index contributed by atoms with van der Waals surface area (Å²) >= 11 is 0. The van der Waals surface area contributed by atoms with Crippen LogP contribution in [0.3, 0.4) is 0 Å². The van der Waals surface area contributed by atoms with Gasteiger partial charge in [0, 0.05) is 0 Å². The van der Waals surface area contributed by atoms with E-state index in [2.05, 4.69) is 0 Å². The van der Waals surface area contributed by atoms with Gasteiger partial charge in [-0.05, 0) is 0 Å². The van der Waals surface area contributed by atoms with Crippen molar-refractivity contribution in [1.29, 1.82) is 0 Å². The molecule has 8 heteroatoms. The summed E-state index contributed by atoms with van der Waals surface area (Å²) in [6.07, 6.45) is 0. The fourth-order valence-corrected chi connectivity index (χ4v) is 0. The molecule has 8 heavy (non-hydrogen) atoms. The minimum atomic E-state index is 0. The molecule has 0 bridgehead atoms. The summed E-state index contributed by atoms with van der Waals surface area (Å²) in [4.78, 5) is 0. The average Bonchev–Trinajstić information content (AvgIpc) is 0.918. The fraction of sp³-hybridized carbons (Fsp3) is 0. The van der Waals surface area contributed by atoms with Gasteiger partial charge in [0.2, 0.25) is 0 Å². The van der Waals surface area contributed by atoms with Crippen molar-refractivity contribution in [2.75, 3.05) is 0 Å². The Morgan fingerprint density at radius 1 is 0.625 bits per heavy atom. The molecule has 0 saturated carbocycles. The molecule has 3 nitrogen and oxygen atoms in total. The third kappa shape index (κ3) is 44.6. The summed E-state index contributed by atoms with van der Waals surface area (Å²) in [6, 6.07) is 0. The van der Waals surface area contributed by atoms with Crippen molar-refractivity contribution in [1.82, 2.24) is 0 Å². The minimum absolute atomic E-state index is 0. The molecule has 0 heterocycles. The molecule has 20 valence electrons. The normalized spacial score (nSPS) is 2.25. The Labute approximate surface area is 159 Å². The third-order valence-electron chi connectivity index (χ3n) is 0. The predicted octanol–water partition coefficient (Wildman–Crippen LogP) is -17.4. The van der Waals surface area contributed by atoms with Crippen LogP contribution in [-0.2, 0) is 5.04 Å². The van der Waals surface area contributed by atoms with Crippen LogP contribution in [0.5, 0.6) is 0 Å². The zero-order chi connectivity index (χ0) is 2.71. The van der Waals surface area contributed by atoms with E-state index in [1.54, 1.807) is 5.04 Å². The number of rotatable bonds is 0. The smallest absolute Gasteiger partial charge is 0.734 e. The molecule has 0 spiro atoms. The molecular weight excluding hydrogens is 163 g/mol. The number of hydrogen-bond acceptors (Lipinski definition) is 3. The van der Waals surface area contributed by atoms with Gasteiger partial charge in [-0.3, -0.25) is 0 Å². The summed E-state index contributed by atoms with van der Waals surface area (Å²) < 4.78 is 0. The summed E-state index contributed by atoms with van der Waals surface area (Å²) in [6.45, 7) is 0. The van der Waals surface area contributed by atoms with Crippen molar-refractivity contribution in [2.24, 2.45) is 0 Å². The van der Waals surface area contributed by atoms with E-state index in [4.69, 9.17) is 10.5 Å². The van der Waals surface area contributed by atoms with Crippen molar-refractivity contribution >= 4 is 0 Å². The molecule has 0 aromatic rings. The Balaban J connectivity index is -0.00000000200. The van der Waals surface area contributed by atoms with Gasteiger partial charge < -0.3 is 15.6 Å². The third-order valence-corrected chi connectivity index (χ3v) is 0. The molecule has 0 fully saturated rings. The fourth-order valence-electron chi connectivity index (χ4n) is 0. The van der Waals surface area contributed by atoms with Crippen molar-refractivity contribution in [3.63, 3.8) is 0 Å². The topological polar surface area (TPSA) is 55.3 Å². The van der Waals surface area contributed by atoms with Crippen LogP contribution in [0.2, 0.25) is 0 Å². The Bertz CT molecular complexity index is 7.64. The molecule has 0 aliphatic rings. The molecule has 0 aromatic heterocycles. The van der Waals surface area contributed by atoms with Crippen LogP contribution in [-0.4, -0.2) is 0 Å². The summed E-state index contributed by atoms with van der Waals surface area (Å²) in [7, 11) is 0. The molecule has 0 rings (SSSR count). The van der Waals surface area contributed by atoms with Gasteiger partial charge >= 0.3 is 148 Å². The van der Waals surface area contributed by atoms with Crippen LogP contribution in [0, 0.1) is 0 Å². The standard InChI is InChI=1S/5Na.H2O3/c;;;;;1-3-2/h;;;;;1-2H/q5*+1;/p-2. The second kappa shape index (κ2) is 40.7. The van der Waals surface area contributed by atoms with E-state index in [-0.39, 0.29) is 148 Å². The zero-order valence-corrected chi connectivity index (χ0v) is 16.2. The molecule has 0 unspecified atom stereocenters. The van der Waals surface area contributed by atoms with E-state index in [0.29, 0.717) is 0 Å². The molecular formula is Na5O3+3. The number of hydrogen-bond donors (Lipinski definition) is 0. The maximum atomic E-state index is 7.88. The van der Waals surface area contributed by atoms with Gasteiger partial charge in [-0.15, -0.1) is 0 Å². The predicted molar refractivity (Wildman–Crippen MR) is 1.08 cm³/mol. The second-order valence-electron chi connectivity index (χ2n) is 0.0680. The SMILES string of the molecule is [Na+].[Na+].[Na+].[Na+].[Na+].[O-]O[O-]. The quantitative estimate of drug-likeness (QED) is 0.202. The van der Waals surface area contributed by atoms with E-state index in [0.717, 1.165) is 0 Å². The first-order chi connectivity index (χ1) is 1.41. The summed E-state index contributed by atoms with van der Waals surface area (Å²) in [5.41, 5.74) is 0. The van der Waals surface area contributed by atoms with E-state index in [1.165, 1.54) is 0 Å². The molecule has 0 amide bonds. The van der Waals surface area contributed by atoms with Crippen LogP contribution in [0.15, 0.2) is 0 Å². The Hall–Kier alpha value is 4.88. The zero-order valence-electron chi connectivity index (χ0n) is 6.22. The molecule has 0 aliphatic heterocycles. The molecule has 0 saturated heterocycles. The molecule has 0 aliphatic carbocycles. The molecule has 0 radical (unpaired) electrons. The molecule has 0 aromatic carbocycles. The van der Waals surface area contributed by atoms with Gasteiger partial charge in [0.25, 0.3) is 0 Å². The van der Waals surface area contributed by atoms with Crippen molar-refractivity contribution < 1.29 is 163 Å². The van der Waals surface area contributed by atoms with Gasteiger partial charge in [-0.1, -0.05) is 0 Å². The van der Waals surface area contributed by atoms with Crippen molar-refractivity contribution in [3.8, 4) is 0 Å². The summed E-state index contributed by atoms with van der Waals surface area (Å²) in [5, 5.41) is 17.5. The second-order valence-corrected chi connectivity index (χ2v) is 0.0680. The van der Waals surface area contributed by atoms with Crippen LogP contribution in [0.1, 0.15) is 0 Å². The van der Waals surface area contributed by atoms with Crippen molar-refractivity contribution in [3.05, 3.63) is 0 Å². The Morgan fingerprint density at radius 2 is 0.625 bits per heavy atom. The average molecular weight is 163 g/mol. The molecule has 0 N–H and O–H groups in total. The minimum Gasteiger partial charge on any atom is -0.734 e. The maximum Gasteiger partial charge on any atom is 1.00 e. The van der Waals surface area contributed by atoms with Crippen molar-refractivity contribution in [2.45, 2.75) is 0 Å². The van der Waals surface area contributed by atoms with Crippen LogP contribution < -0.4 is 158 Å². The van der Waals surface area contributed by atoms with E-state index in [1.807, 2.05) is 0 Å². The van der Waals surface area contributed by atoms with Gasteiger partial charge in [0.1, 0.15) is 0 Å². The monoisotopic (exact) mass is 163 g/mol. The Kier molecular flexibility index (Phi) is 195. The first-order valence-electron chi connectivity index (χ1n) is 0.333. The van der Waals surface area contributed by atoms with Gasteiger partial charge in [0.15, 0.2) is 0 Å². The van der Waals surface area contributed by atoms with E-state index in [9.17, 15) is 0 Å². The largest absolute Gasteiger partial charge is 1.00 e. The first-order valence-corrected chi connectivity index (χ1v) is 0.333. The molecule has 0 atom stereocenters. The maximum absolute atomic E-state index is 7.88. The van der Waals surface area contributed by atoms with Gasteiger partial charge in [-0.25, -0.2) is 0 Å². The summed E-state index contributed by atoms with van der Waals surface area (Å²) in [5.74, 6) is 0. The van der Waals surface area contributed by atoms with Gasteiger partial charge in [-0.2, -0.15) is 0 Å². The van der Waals surface area contributed by atoms with E-state index >= 15 is 0 Å². The Morgan fingerprint density at radius 3 is 0.625 bits per heavy atom.